The average molecular weight is 388 g/mol. The number of aryl methyl sites for hydroxylation is 2. The number of nitrogens with zero attached hydrogens (tertiary/aromatic N) is 6. The van der Waals surface area contributed by atoms with E-state index in [2.05, 4.69) is 34.3 Å². The molecule has 0 aliphatic carbocycles. The molecule has 0 spiro atoms. The van der Waals surface area contributed by atoms with E-state index in [4.69, 9.17) is 0 Å². The van der Waals surface area contributed by atoms with Crippen molar-refractivity contribution < 1.29 is 9.18 Å². The van der Waals surface area contributed by atoms with Crippen LogP contribution in [0.25, 0.3) is 0 Å². The van der Waals surface area contributed by atoms with Crippen LogP contribution < -0.4 is 0 Å². The number of tetrazole rings is 1. The molecule has 1 aromatic carbocycles. The Morgan fingerprint density at radius 1 is 1.21 bits per heavy atom. The summed E-state index contributed by atoms with van der Waals surface area (Å²) in [5, 5.41) is 11.6. The van der Waals surface area contributed by atoms with Crippen LogP contribution in [0, 0.1) is 18.7 Å². The van der Waals surface area contributed by atoms with Gasteiger partial charge in [-0.05, 0) is 53.9 Å². The first kappa shape index (κ1) is 20.4. The van der Waals surface area contributed by atoms with Crippen molar-refractivity contribution in [2.75, 3.05) is 19.6 Å². The van der Waals surface area contributed by atoms with Crippen molar-refractivity contribution in [1.29, 1.82) is 0 Å². The van der Waals surface area contributed by atoms with Crippen molar-refractivity contribution in [2.24, 2.45) is 5.92 Å². The molecule has 1 aliphatic heterocycles. The summed E-state index contributed by atoms with van der Waals surface area (Å²) >= 11 is 0. The van der Waals surface area contributed by atoms with E-state index in [0.29, 0.717) is 18.9 Å². The number of aromatic nitrogens is 4. The predicted octanol–water partition coefficient (Wildman–Crippen LogP) is 2.27. The molecule has 0 unspecified atom stereocenters. The van der Waals surface area contributed by atoms with Crippen LogP contribution in [0.1, 0.15) is 38.1 Å². The zero-order chi connectivity index (χ0) is 20.1. The molecule has 152 valence electrons. The van der Waals surface area contributed by atoms with Gasteiger partial charge in [0.05, 0.1) is 0 Å². The van der Waals surface area contributed by atoms with Crippen molar-refractivity contribution in [3.05, 3.63) is 41.5 Å². The molecule has 1 fully saturated rings. The monoisotopic (exact) mass is 388 g/mol. The van der Waals surface area contributed by atoms with E-state index in [9.17, 15) is 9.18 Å². The Hall–Kier alpha value is -2.35. The topological polar surface area (TPSA) is 67.2 Å². The maximum Gasteiger partial charge on any atom is 0.224 e. The zero-order valence-electron chi connectivity index (χ0n) is 16.9. The van der Waals surface area contributed by atoms with Gasteiger partial charge in [0.1, 0.15) is 11.6 Å². The molecule has 3 rings (SSSR count). The van der Waals surface area contributed by atoms with E-state index >= 15 is 0 Å². The van der Waals surface area contributed by atoms with Gasteiger partial charge < -0.3 is 9.80 Å². The minimum atomic E-state index is -0.254. The molecule has 0 N–H and O–H groups in total. The molecular weight excluding hydrogens is 359 g/mol. The largest absolute Gasteiger partial charge is 0.334 e. The molecular formula is C20H29FN6O. The van der Waals surface area contributed by atoms with E-state index < -0.39 is 0 Å². The van der Waals surface area contributed by atoms with Crippen molar-refractivity contribution in [1.82, 2.24) is 30.0 Å². The van der Waals surface area contributed by atoms with Gasteiger partial charge in [0.25, 0.3) is 0 Å². The van der Waals surface area contributed by atoms with E-state index in [-0.39, 0.29) is 17.8 Å². The molecule has 1 amide bonds. The second kappa shape index (κ2) is 9.23. The van der Waals surface area contributed by atoms with Crippen LogP contribution in [0.4, 0.5) is 4.39 Å². The zero-order valence-corrected chi connectivity index (χ0v) is 16.9. The molecule has 2 heterocycles. The summed E-state index contributed by atoms with van der Waals surface area (Å²) in [5.74, 6) is 1.07. The highest BCUT2D eigenvalue weighted by Crippen LogP contribution is 2.21. The first-order valence-electron chi connectivity index (χ1n) is 9.93. The van der Waals surface area contributed by atoms with Crippen molar-refractivity contribution in [2.45, 2.75) is 52.7 Å². The number of rotatable bonds is 7. The third-order valence-corrected chi connectivity index (χ3v) is 5.40. The standard InChI is InChI=1S/C20H29FN6O/c1-15(2)19-14-25(10-4-11-27-16(3)22-23-24-27)12-9-20(28)26(19)13-17-5-7-18(21)8-6-17/h5-8,15,19H,4,9-14H2,1-3H3/t19-/m1/s1. The van der Waals surface area contributed by atoms with Crippen LogP contribution in [0.3, 0.4) is 0 Å². The Morgan fingerprint density at radius 3 is 2.61 bits per heavy atom. The minimum Gasteiger partial charge on any atom is -0.334 e. The molecule has 0 saturated carbocycles. The average Bonchev–Trinajstić information content (AvgIpc) is 3.00. The van der Waals surface area contributed by atoms with E-state index in [1.165, 1.54) is 12.1 Å². The number of halogens is 1. The third-order valence-electron chi connectivity index (χ3n) is 5.40. The third kappa shape index (κ3) is 5.13. The fourth-order valence-electron chi connectivity index (χ4n) is 3.70. The Balaban J connectivity index is 1.63. The number of benzene rings is 1. The summed E-state index contributed by atoms with van der Waals surface area (Å²) < 4.78 is 15.0. The maximum absolute atomic E-state index is 13.2. The summed E-state index contributed by atoms with van der Waals surface area (Å²) in [6.07, 6.45) is 1.44. The normalized spacial score (nSPS) is 18.7. The van der Waals surface area contributed by atoms with Gasteiger partial charge in [-0.25, -0.2) is 9.07 Å². The van der Waals surface area contributed by atoms with Crippen molar-refractivity contribution >= 4 is 5.91 Å². The summed E-state index contributed by atoms with van der Waals surface area (Å²) in [4.78, 5) is 17.2. The van der Waals surface area contributed by atoms with Gasteiger partial charge >= 0.3 is 0 Å². The lowest BCUT2D eigenvalue weighted by Gasteiger charge is -2.35. The summed E-state index contributed by atoms with van der Waals surface area (Å²) in [6.45, 7) is 10.0. The fourth-order valence-corrected chi connectivity index (χ4v) is 3.70. The summed E-state index contributed by atoms with van der Waals surface area (Å²) in [7, 11) is 0. The summed E-state index contributed by atoms with van der Waals surface area (Å²) in [6, 6.07) is 6.56. The second-order valence-electron chi connectivity index (χ2n) is 7.81. The highest BCUT2D eigenvalue weighted by atomic mass is 19.1. The van der Waals surface area contributed by atoms with Crippen LogP contribution >= 0.6 is 0 Å². The van der Waals surface area contributed by atoms with Crippen LogP contribution in [-0.2, 0) is 17.9 Å². The van der Waals surface area contributed by atoms with Gasteiger partial charge in [-0.2, -0.15) is 0 Å². The molecule has 8 heteroatoms. The lowest BCUT2D eigenvalue weighted by Crippen LogP contribution is -2.46. The smallest absolute Gasteiger partial charge is 0.224 e. The molecule has 0 radical (unpaired) electrons. The van der Waals surface area contributed by atoms with Gasteiger partial charge in [0.15, 0.2) is 0 Å². The maximum atomic E-state index is 13.2. The Morgan fingerprint density at radius 2 is 1.96 bits per heavy atom. The fraction of sp³-hybridized carbons (Fsp3) is 0.600. The number of amides is 1. The van der Waals surface area contributed by atoms with Gasteiger partial charge in [-0.1, -0.05) is 26.0 Å². The number of hydrogen-bond acceptors (Lipinski definition) is 5. The lowest BCUT2D eigenvalue weighted by atomic mass is 10.0. The molecule has 0 bridgehead atoms. The Kier molecular flexibility index (Phi) is 6.72. The first-order chi connectivity index (χ1) is 13.4. The molecule has 2 aromatic rings. The van der Waals surface area contributed by atoms with Gasteiger partial charge in [-0.15, -0.1) is 5.10 Å². The van der Waals surface area contributed by atoms with Crippen molar-refractivity contribution in [3.8, 4) is 0 Å². The second-order valence-corrected chi connectivity index (χ2v) is 7.81. The van der Waals surface area contributed by atoms with Crippen LogP contribution in [0.5, 0.6) is 0 Å². The first-order valence-corrected chi connectivity index (χ1v) is 9.93. The highest BCUT2D eigenvalue weighted by Gasteiger charge is 2.31. The SMILES string of the molecule is Cc1nnnn1CCCN1CCC(=O)N(Cc2ccc(F)cc2)[C@@H](C(C)C)C1. The quantitative estimate of drug-likeness (QED) is 0.728. The van der Waals surface area contributed by atoms with E-state index in [1.54, 1.807) is 12.1 Å². The molecule has 1 aliphatic rings. The van der Waals surface area contributed by atoms with Gasteiger partial charge in [0.2, 0.25) is 5.91 Å². The molecule has 28 heavy (non-hydrogen) atoms. The molecule has 7 nitrogen and oxygen atoms in total. The van der Waals surface area contributed by atoms with Crippen LogP contribution in [0.2, 0.25) is 0 Å². The highest BCUT2D eigenvalue weighted by molar-refractivity contribution is 5.77. The van der Waals surface area contributed by atoms with E-state index in [1.807, 2.05) is 16.5 Å². The van der Waals surface area contributed by atoms with Crippen LogP contribution in [-0.4, -0.2) is 61.6 Å². The molecule has 1 saturated heterocycles. The summed E-state index contributed by atoms with van der Waals surface area (Å²) in [5.41, 5.74) is 0.961. The van der Waals surface area contributed by atoms with Gasteiger partial charge in [0, 0.05) is 38.6 Å². The number of carbonyl (C=O) groups excluding carboxylic acids is 1. The molecule has 1 atom stereocenters. The van der Waals surface area contributed by atoms with Crippen molar-refractivity contribution in [3.63, 3.8) is 0 Å². The predicted molar refractivity (Wildman–Crippen MR) is 104 cm³/mol. The minimum absolute atomic E-state index is 0.134. The number of carbonyl (C=O) groups is 1. The number of hydrogen-bond donors (Lipinski definition) is 0. The molecule has 1 aromatic heterocycles. The van der Waals surface area contributed by atoms with Crippen LogP contribution in [0.15, 0.2) is 24.3 Å². The van der Waals surface area contributed by atoms with Gasteiger partial charge in [-0.3, -0.25) is 4.79 Å². The lowest BCUT2D eigenvalue weighted by molar-refractivity contribution is -0.134. The Bertz CT molecular complexity index is 775. The Labute approximate surface area is 165 Å². The van der Waals surface area contributed by atoms with E-state index in [0.717, 1.165) is 44.0 Å².